The number of carbonyl (C=O) groups excluding carboxylic acids is 8. The topological polar surface area (TPSA) is 329 Å². The van der Waals surface area contributed by atoms with Gasteiger partial charge in [-0.1, -0.05) is 67.0 Å². The van der Waals surface area contributed by atoms with E-state index in [9.17, 15) is 62.5 Å². The molecule has 10 N–H and O–H groups in total. The van der Waals surface area contributed by atoms with Crippen molar-refractivity contribution in [1.29, 1.82) is 0 Å². The molecule has 0 radical (unpaired) electrons. The van der Waals surface area contributed by atoms with Crippen LogP contribution < -0.4 is 32.3 Å². The van der Waals surface area contributed by atoms with Gasteiger partial charge >= 0.3 is 11.9 Å². The average Bonchev–Trinajstić information content (AvgIpc) is 3.74. The van der Waals surface area contributed by atoms with Crippen molar-refractivity contribution in [3.05, 3.63) is 83.7 Å². The number of primary amides is 1. The Hall–Kier alpha value is -7.28. The molecule has 0 bridgehead atoms. The van der Waals surface area contributed by atoms with E-state index in [4.69, 9.17) is 10.8 Å². The minimum Gasteiger partial charge on any atom is -0.481 e. The van der Waals surface area contributed by atoms with Crippen LogP contribution in [0.5, 0.6) is 0 Å². The van der Waals surface area contributed by atoms with Crippen molar-refractivity contribution < 1.29 is 72.0 Å². The minimum atomic E-state index is -1.78. The molecule has 1 heterocycles. The maximum absolute atomic E-state index is 15.4. The molecule has 74 heavy (non-hydrogen) atoms. The first-order valence-electron chi connectivity index (χ1n) is 23.3. The molecule has 25 heteroatoms. The number of nitrogens with two attached hydrogens (primary N) is 1. The standard InChI is InChI=1S/C49H64BrF2N9O13/c1-27(55-40(65)23-50)47(72)59(6)28(2)44(69)58-36(22-38(53)63)46(71)57-34(45(70)54-18-16-39(64)56-35(48(73)74)14-15-42(67)68)17-19-61(41(66)26-62)43(49(3,4)5)37-20-30(32-21-31(51)12-13-33(32)52)25-60(37)24-29-10-8-7-9-11-29/h7-13,20-21,25,27-28,34-36,43,62H,14-19,22-24,26H2,1-6H3,(H2,53,63)(H,54,70)(H,55,65)(H,56,64)(H,57,71)(H,58,69)(H,67,68)(H,73,74)/t27-,28-,34-,35+,36-,43-/m0/s1. The molecule has 6 atom stereocenters. The molecule has 8 amide bonds. The summed E-state index contributed by atoms with van der Waals surface area (Å²) in [6, 6.07) is 5.15. The van der Waals surface area contributed by atoms with E-state index in [1.807, 2.05) is 12.1 Å². The number of rotatable bonds is 28. The smallest absolute Gasteiger partial charge is 0.326 e. The van der Waals surface area contributed by atoms with Gasteiger partial charge in [0.2, 0.25) is 47.3 Å². The van der Waals surface area contributed by atoms with Crippen molar-refractivity contribution in [3.8, 4) is 11.1 Å². The molecular formula is C49H64BrF2N9O13. The second-order valence-corrected chi connectivity index (χ2v) is 19.0. The van der Waals surface area contributed by atoms with E-state index >= 15 is 4.39 Å². The summed E-state index contributed by atoms with van der Waals surface area (Å²) in [5, 5.41) is 40.7. The summed E-state index contributed by atoms with van der Waals surface area (Å²) in [6.07, 6.45) is -1.27. The number of alkyl halides is 1. The number of hydrogen-bond donors (Lipinski definition) is 9. The number of halogens is 3. The first-order valence-corrected chi connectivity index (χ1v) is 24.4. The first-order chi connectivity index (χ1) is 34.7. The van der Waals surface area contributed by atoms with Crippen LogP contribution in [0.3, 0.4) is 0 Å². The summed E-state index contributed by atoms with van der Waals surface area (Å²) < 4.78 is 31.7. The van der Waals surface area contributed by atoms with Crippen molar-refractivity contribution in [2.45, 2.75) is 110 Å². The fourth-order valence-electron chi connectivity index (χ4n) is 7.84. The quantitative estimate of drug-likeness (QED) is 0.0464. The van der Waals surface area contributed by atoms with Crippen molar-refractivity contribution in [2.75, 3.05) is 32.1 Å². The predicted molar refractivity (Wildman–Crippen MR) is 266 cm³/mol. The zero-order valence-corrected chi connectivity index (χ0v) is 43.4. The number of aliphatic hydroxyl groups is 1. The number of nitrogens with zero attached hydrogens (tertiary/aromatic N) is 3. The molecule has 3 aromatic rings. The fraction of sp³-hybridized carbons (Fsp3) is 0.469. The summed E-state index contributed by atoms with van der Waals surface area (Å²) in [4.78, 5) is 131. The van der Waals surface area contributed by atoms with Crippen LogP contribution in [0.4, 0.5) is 8.78 Å². The van der Waals surface area contributed by atoms with Gasteiger partial charge in [0.15, 0.2) is 0 Å². The van der Waals surface area contributed by atoms with Crippen LogP contribution in [0.25, 0.3) is 11.1 Å². The summed E-state index contributed by atoms with van der Waals surface area (Å²) in [5.74, 6) is -11.4. The number of likely N-dealkylation sites (N-methyl/N-ethyl adjacent to an activating group) is 1. The van der Waals surface area contributed by atoms with Crippen LogP contribution in [0.1, 0.15) is 84.0 Å². The van der Waals surface area contributed by atoms with Crippen molar-refractivity contribution in [3.63, 3.8) is 0 Å². The lowest BCUT2D eigenvalue weighted by Crippen LogP contribution is -2.58. The number of carboxylic acid groups (broad SMARTS) is 2. The number of carboxylic acids is 2. The number of nitrogens with one attached hydrogen (secondary N) is 5. The van der Waals surface area contributed by atoms with E-state index in [0.717, 1.165) is 28.7 Å². The largest absolute Gasteiger partial charge is 0.481 e. The molecule has 1 aromatic heterocycles. The summed E-state index contributed by atoms with van der Waals surface area (Å²) >= 11 is 2.98. The Labute approximate surface area is 434 Å². The summed E-state index contributed by atoms with van der Waals surface area (Å²) in [5.41, 5.74) is 5.89. The Balaban J connectivity index is 2.08. The molecule has 22 nitrogen and oxygen atoms in total. The van der Waals surface area contributed by atoms with Gasteiger partial charge in [0.1, 0.15) is 48.5 Å². The molecule has 0 unspecified atom stereocenters. The highest BCUT2D eigenvalue weighted by Gasteiger charge is 2.39. The molecule has 0 aliphatic carbocycles. The number of amides is 8. The molecule has 0 aliphatic heterocycles. The average molecular weight is 1110 g/mol. The second kappa shape index (κ2) is 28.2. The molecule has 0 saturated heterocycles. The SMILES string of the molecule is C[C@H](NC(=O)CBr)C(=O)N(C)[C@@H](C)C(=O)N[C@@H](CC(N)=O)C(=O)N[C@@H](CCN(C(=O)CO)[C@@H](c1cc(-c2cc(F)ccc2F)cn1Cc1ccccc1)C(C)(C)C)C(=O)NCCC(=O)N[C@H](CCC(=O)O)C(=O)O. The van der Waals surface area contributed by atoms with Gasteiger partial charge < -0.3 is 62.0 Å². The summed E-state index contributed by atoms with van der Waals surface area (Å²) in [7, 11) is 1.26. The van der Waals surface area contributed by atoms with E-state index < -0.39 is 164 Å². The van der Waals surface area contributed by atoms with Crippen LogP contribution in [0.2, 0.25) is 0 Å². The van der Waals surface area contributed by atoms with Crippen LogP contribution >= 0.6 is 15.9 Å². The van der Waals surface area contributed by atoms with Gasteiger partial charge in [-0.3, -0.25) is 43.2 Å². The van der Waals surface area contributed by atoms with Gasteiger partial charge in [0.05, 0.1) is 17.8 Å². The highest BCUT2D eigenvalue weighted by molar-refractivity contribution is 9.09. The molecule has 0 spiro atoms. The molecule has 3 rings (SSSR count). The molecular weight excluding hydrogens is 1040 g/mol. The van der Waals surface area contributed by atoms with E-state index in [0.29, 0.717) is 5.69 Å². The van der Waals surface area contributed by atoms with E-state index in [1.54, 1.807) is 55.8 Å². The maximum atomic E-state index is 15.4. The van der Waals surface area contributed by atoms with Gasteiger partial charge in [-0.05, 0) is 61.9 Å². The third-order valence-electron chi connectivity index (χ3n) is 11.7. The third kappa shape index (κ3) is 18.3. The molecule has 0 fully saturated rings. The maximum Gasteiger partial charge on any atom is 0.326 e. The number of aromatic nitrogens is 1. The van der Waals surface area contributed by atoms with Gasteiger partial charge in [-0.15, -0.1) is 0 Å². The molecule has 404 valence electrons. The molecule has 2 aromatic carbocycles. The molecule has 0 aliphatic rings. The van der Waals surface area contributed by atoms with Crippen molar-refractivity contribution in [1.82, 2.24) is 41.0 Å². The highest BCUT2D eigenvalue weighted by atomic mass is 79.9. The Morgan fingerprint density at radius 2 is 1.45 bits per heavy atom. The van der Waals surface area contributed by atoms with Gasteiger partial charge in [0, 0.05) is 62.5 Å². The van der Waals surface area contributed by atoms with E-state index in [1.165, 1.54) is 25.8 Å². The van der Waals surface area contributed by atoms with E-state index in [2.05, 4.69) is 42.5 Å². The highest BCUT2D eigenvalue weighted by Crippen LogP contribution is 2.41. The number of benzene rings is 2. The van der Waals surface area contributed by atoms with Gasteiger partial charge in [-0.2, -0.15) is 0 Å². The lowest BCUT2D eigenvalue weighted by molar-refractivity contribution is -0.143. The lowest BCUT2D eigenvalue weighted by atomic mass is 9.82. The second-order valence-electron chi connectivity index (χ2n) is 18.5. The third-order valence-corrected chi connectivity index (χ3v) is 12.2. The number of carbonyl (C=O) groups is 10. The van der Waals surface area contributed by atoms with Crippen LogP contribution in [0.15, 0.2) is 60.8 Å². The van der Waals surface area contributed by atoms with E-state index in [-0.39, 0.29) is 23.0 Å². The van der Waals surface area contributed by atoms with Crippen LogP contribution in [0, 0.1) is 17.0 Å². The Morgan fingerprint density at radius 1 is 0.797 bits per heavy atom. The van der Waals surface area contributed by atoms with Crippen LogP contribution in [-0.4, -0.2) is 151 Å². The first kappa shape index (κ1) is 61.0. The zero-order valence-electron chi connectivity index (χ0n) is 41.8. The van der Waals surface area contributed by atoms with Gasteiger partial charge in [0.25, 0.3) is 0 Å². The fourth-order valence-corrected chi connectivity index (χ4v) is 8.00. The Kier molecular flexibility index (Phi) is 23.3. The minimum absolute atomic E-state index is 0.0868. The van der Waals surface area contributed by atoms with Crippen molar-refractivity contribution in [2.24, 2.45) is 11.1 Å². The van der Waals surface area contributed by atoms with Crippen LogP contribution in [-0.2, 0) is 54.5 Å². The zero-order chi connectivity index (χ0) is 55.6. The number of aliphatic carboxylic acids is 2. The lowest BCUT2D eigenvalue weighted by Gasteiger charge is -2.41. The summed E-state index contributed by atoms with van der Waals surface area (Å²) in [6.45, 7) is 6.21. The Bertz CT molecular complexity index is 2520. The predicted octanol–water partition coefficient (Wildman–Crippen LogP) is 1.31. The van der Waals surface area contributed by atoms with Crippen molar-refractivity contribution >= 4 is 75.1 Å². The monoisotopic (exact) mass is 1100 g/mol. The normalized spacial score (nSPS) is 13.6. The molecule has 0 saturated carbocycles. The number of aliphatic hydroxyl groups excluding tert-OH is 1. The van der Waals surface area contributed by atoms with Gasteiger partial charge in [-0.25, -0.2) is 13.6 Å². The number of hydrogen-bond acceptors (Lipinski definition) is 11. The Morgan fingerprint density at radius 3 is 2.03 bits per heavy atom.